The zero-order chi connectivity index (χ0) is 9.42. The van der Waals surface area contributed by atoms with Gasteiger partial charge >= 0.3 is 0 Å². The van der Waals surface area contributed by atoms with Gasteiger partial charge in [0.2, 0.25) is 6.36 Å². The van der Waals surface area contributed by atoms with Gasteiger partial charge in [-0.3, -0.25) is 10.1 Å². The van der Waals surface area contributed by atoms with Crippen molar-refractivity contribution in [3.8, 4) is 5.75 Å². The molecule has 1 aromatic carbocycles. The molecule has 1 aromatic rings. The number of fused-ring (bicyclic) bond motifs is 1. The summed E-state index contributed by atoms with van der Waals surface area (Å²) in [5.41, 5.74) is 0.526. The lowest BCUT2D eigenvalue weighted by atomic mass is 10.1. The van der Waals surface area contributed by atoms with E-state index >= 15 is 0 Å². The molecule has 0 spiro atoms. The molecule has 68 valence electrons. The third kappa shape index (κ3) is 1.32. The smallest absolute Gasteiger partial charge is 0.269 e. The predicted octanol–water partition coefficient (Wildman–Crippen LogP) is 1.83. The Morgan fingerprint density at radius 1 is 1.62 bits per heavy atom. The summed E-state index contributed by atoms with van der Waals surface area (Å²) < 4.78 is 17.4. The van der Waals surface area contributed by atoms with Crippen molar-refractivity contribution in [2.75, 3.05) is 0 Å². The lowest BCUT2D eigenvalue weighted by Gasteiger charge is -1.98. The second-order valence-corrected chi connectivity index (χ2v) is 2.78. The Kier molecular flexibility index (Phi) is 1.65. The molecule has 0 saturated heterocycles. The second-order valence-electron chi connectivity index (χ2n) is 2.78. The Morgan fingerprint density at radius 2 is 2.38 bits per heavy atom. The molecule has 4 nitrogen and oxygen atoms in total. The van der Waals surface area contributed by atoms with Crippen molar-refractivity contribution in [3.05, 3.63) is 33.9 Å². The highest BCUT2D eigenvalue weighted by atomic mass is 19.1. The first-order valence-corrected chi connectivity index (χ1v) is 3.75. The standard InChI is InChI=1S/C8H6FNO3/c9-8-4-5-3-6(10(11)12)1-2-7(5)13-8/h1-3,8H,4H2. The minimum absolute atomic E-state index is 0.0311. The van der Waals surface area contributed by atoms with Crippen LogP contribution in [-0.2, 0) is 6.42 Å². The van der Waals surface area contributed by atoms with E-state index in [-0.39, 0.29) is 12.1 Å². The molecule has 5 heteroatoms. The van der Waals surface area contributed by atoms with Gasteiger partial charge in [-0.1, -0.05) is 0 Å². The van der Waals surface area contributed by atoms with Gasteiger partial charge in [0.15, 0.2) is 0 Å². The molecular weight excluding hydrogens is 177 g/mol. The second kappa shape index (κ2) is 2.69. The van der Waals surface area contributed by atoms with E-state index in [9.17, 15) is 14.5 Å². The van der Waals surface area contributed by atoms with E-state index in [1.807, 2.05) is 0 Å². The molecule has 13 heavy (non-hydrogen) atoms. The Labute approximate surface area is 73.1 Å². The molecule has 1 unspecified atom stereocenters. The van der Waals surface area contributed by atoms with Crippen molar-refractivity contribution in [2.24, 2.45) is 0 Å². The lowest BCUT2D eigenvalue weighted by Crippen LogP contribution is -2.02. The van der Waals surface area contributed by atoms with Gasteiger partial charge in [-0.05, 0) is 6.07 Å². The van der Waals surface area contributed by atoms with Crippen LogP contribution in [0.2, 0.25) is 0 Å². The van der Waals surface area contributed by atoms with Crippen LogP contribution in [0.1, 0.15) is 5.56 Å². The highest BCUT2D eigenvalue weighted by Gasteiger charge is 2.23. The quantitative estimate of drug-likeness (QED) is 0.493. The summed E-state index contributed by atoms with van der Waals surface area (Å²) in [5, 5.41) is 10.4. The fourth-order valence-electron chi connectivity index (χ4n) is 1.31. The number of halogens is 1. The molecule has 1 heterocycles. The number of hydrogen-bond acceptors (Lipinski definition) is 3. The van der Waals surface area contributed by atoms with Gasteiger partial charge < -0.3 is 4.74 Å². The van der Waals surface area contributed by atoms with Crippen molar-refractivity contribution >= 4 is 5.69 Å². The minimum Gasteiger partial charge on any atom is -0.460 e. The van der Waals surface area contributed by atoms with Gasteiger partial charge in [0.25, 0.3) is 5.69 Å². The average Bonchev–Trinajstić information content (AvgIpc) is 2.42. The van der Waals surface area contributed by atoms with Crippen LogP contribution in [0, 0.1) is 10.1 Å². The summed E-state index contributed by atoms with van der Waals surface area (Å²) in [7, 11) is 0. The summed E-state index contributed by atoms with van der Waals surface area (Å²) in [5.74, 6) is 0.401. The molecule has 0 aromatic heterocycles. The topological polar surface area (TPSA) is 52.4 Å². The molecule has 0 fully saturated rings. The van der Waals surface area contributed by atoms with Crippen LogP contribution in [0.5, 0.6) is 5.75 Å². The lowest BCUT2D eigenvalue weighted by molar-refractivity contribution is -0.384. The molecule has 0 aliphatic carbocycles. The highest BCUT2D eigenvalue weighted by Crippen LogP contribution is 2.31. The first kappa shape index (κ1) is 7.97. The fourth-order valence-corrected chi connectivity index (χ4v) is 1.31. The van der Waals surface area contributed by atoms with Crippen LogP contribution >= 0.6 is 0 Å². The zero-order valence-corrected chi connectivity index (χ0v) is 6.57. The normalized spacial score (nSPS) is 19.3. The highest BCUT2D eigenvalue weighted by molar-refractivity contribution is 5.45. The first-order chi connectivity index (χ1) is 6.16. The number of ether oxygens (including phenoxy) is 1. The van der Waals surface area contributed by atoms with E-state index in [1.54, 1.807) is 0 Å². The van der Waals surface area contributed by atoms with Crippen molar-refractivity contribution < 1.29 is 14.1 Å². The number of non-ortho nitro benzene ring substituents is 1. The van der Waals surface area contributed by atoms with Gasteiger partial charge in [0.05, 0.1) is 4.92 Å². The van der Waals surface area contributed by atoms with Crippen molar-refractivity contribution in [1.29, 1.82) is 0 Å². The molecule has 0 N–H and O–H groups in total. The molecule has 1 aliphatic heterocycles. The van der Waals surface area contributed by atoms with E-state index in [0.29, 0.717) is 11.3 Å². The van der Waals surface area contributed by atoms with Crippen LogP contribution in [-0.4, -0.2) is 11.3 Å². The number of nitro groups is 1. The SMILES string of the molecule is O=[N+]([O-])c1ccc2c(c1)CC(F)O2. The Hall–Kier alpha value is -1.65. The number of nitrogens with zero attached hydrogens (tertiary/aromatic N) is 1. The van der Waals surface area contributed by atoms with Crippen molar-refractivity contribution in [2.45, 2.75) is 12.8 Å². The van der Waals surface area contributed by atoms with Crippen LogP contribution in [0.25, 0.3) is 0 Å². The van der Waals surface area contributed by atoms with Crippen LogP contribution in [0.4, 0.5) is 10.1 Å². The monoisotopic (exact) mass is 183 g/mol. The first-order valence-electron chi connectivity index (χ1n) is 3.75. The van der Waals surface area contributed by atoms with Crippen LogP contribution in [0.3, 0.4) is 0 Å². The summed E-state index contributed by atoms with van der Waals surface area (Å²) in [4.78, 5) is 9.85. The van der Waals surface area contributed by atoms with Gasteiger partial charge in [0.1, 0.15) is 5.75 Å². The maximum atomic E-state index is 12.7. The van der Waals surface area contributed by atoms with E-state index < -0.39 is 11.3 Å². The number of hydrogen-bond donors (Lipinski definition) is 0. The molecule has 2 rings (SSSR count). The largest absolute Gasteiger partial charge is 0.460 e. The third-order valence-electron chi connectivity index (χ3n) is 1.89. The summed E-state index contributed by atoms with van der Waals surface area (Å²) in [6.07, 6.45) is -1.27. The summed E-state index contributed by atoms with van der Waals surface area (Å²) in [6.45, 7) is 0. The van der Waals surface area contributed by atoms with Crippen LogP contribution in [0.15, 0.2) is 18.2 Å². The maximum absolute atomic E-state index is 12.7. The zero-order valence-electron chi connectivity index (χ0n) is 6.57. The Balaban J connectivity index is 2.40. The van der Waals surface area contributed by atoms with Crippen LogP contribution < -0.4 is 4.74 Å². The summed E-state index contributed by atoms with van der Waals surface area (Å²) >= 11 is 0. The molecule has 0 saturated carbocycles. The predicted molar refractivity (Wildman–Crippen MR) is 42.3 cm³/mol. The number of nitro benzene ring substituents is 1. The summed E-state index contributed by atoms with van der Waals surface area (Å²) in [6, 6.07) is 4.07. The molecule has 0 radical (unpaired) electrons. The van der Waals surface area contributed by atoms with Gasteiger partial charge in [-0.2, -0.15) is 0 Å². The molecule has 0 bridgehead atoms. The maximum Gasteiger partial charge on any atom is 0.269 e. The van der Waals surface area contributed by atoms with E-state index in [0.717, 1.165) is 0 Å². The number of alkyl halides is 1. The molecular formula is C8H6FNO3. The van der Waals surface area contributed by atoms with Crippen molar-refractivity contribution in [1.82, 2.24) is 0 Å². The van der Waals surface area contributed by atoms with Gasteiger partial charge in [0, 0.05) is 24.1 Å². The molecule has 1 aliphatic rings. The van der Waals surface area contributed by atoms with Crippen molar-refractivity contribution in [3.63, 3.8) is 0 Å². The minimum atomic E-state index is -1.36. The Bertz CT molecular complexity index is 366. The van der Waals surface area contributed by atoms with E-state index in [1.165, 1.54) is 18.2 Å². The molecule has 0 amide bonds. The Morgan fingerprint density at radius 3 is 3.08 bits per heavy atom. The van der Waals surface area contributed by atoms with E-state index in [4.69, 9.17) is 4.74 Å². The number of rotatable bonds is 1. The fraction of sp³-hybridized carbons (Fsp3) is 0.250. The van der Waals surface area contributed by atoms with Gasteiger partial charge in [-0.15, -0.1) is 0 Å². The molecule has 1 atom stereocenters. The van der Waals surface area contributed by atoms with Gasteiger partial charge in [-0.25, -0.2) is 4.39 Å². The average molecular weight is 183 g/mol. The third-order valence-corrected chi connectivity index (χ3v) is 1.89. The number of benzene rings is 1. The van der Waals surface area contributed by atoms with E-state index in [2.05, 4.69) is 0 Å².